The van der Waals surface area contributed by atoms with Crippen molar-refractivity contribution in [1.29, 1.82) is 0 Å². The summed E-state index contributed by atoms with van der Waals surface area (Å²) in [7, 11) is 0. The second-order valence-electron chi connectivity index (χ2n) is 2.80. The zero-order chi connectivity index (χ0) is 10.4. The van der Waals surface area contributed by atoms with Crippen LogP contribution in [0.5, 0.6) is 0 Å². The first kappa shape index (κ1) is 11.4. The number of rotatable bonds is 4. The number of nitrogens with one attached hydrogen (secondary N) is 1. The summed E-state index contributed by atoms with van der Waals surface area (Å²) in [4.78, 5) is 11.3. The highest BCUT2D eigenvalue weighted by Gasteiger charge is 2.01. The lowest BCUT2D eigenvalue weighted by atomic mass is 10.3. The van der Waals surface area contributed by atoms with Crippen molar-refractivity contribution in [3.63, 3.8) is 0 Å². The van der Waals surface area contributed by atoms with Crippen LogP contribution in [0.1, 0.15) is 6.42 Å². The molecule has 0 aliphatic rings. The molecule has 76 valence electrons. The molecule has 0 aromatic heterocycles. The molecule has 0 bridgehead atoms. The fourth-order valence-electron chi connectivity index (χ4n) is 0.984. The number of halogens is 1. The summed E-state index contributed by atoms with van der Waals surface area (Å²) in [6.07, 6.45) is 2.51. The predicted molar refractivity (Wildman–Crippen MR) is 63.1 cm³/mol. The fraction of sp³-hybridized carbons (Fsp3) is 0.300. The number of carbonyl (C=O) groups excluding carboxylic acids is 1. The van der Waals surface area contributed by atoms with Gasteiger partial charge in [0.1, 0.15) is 0 Å². The van der Waals surface area contributed by atoms with Crippen molar-refractivity contribution in [2.24, 2.45) is 0 Å². The predicted octanol–water partition coefficient (Wildman–Crippen LogP) is 3.03. The standard InChI is InChI=1S/C10H12ClNOS/c1-14-6-5-10(13)12-9-4-2-3-8(11)7-9/h2-4,7H,5-6H2,1H3,(H,12,13). The zero-order valence-corrected chi connectivity index (χ0v) is 9.49. The van der Waals surface area contributed by atoms with E-state index < -0.39 is 0 Å². The first-order valence-electron chi connectivity index (χ1n) is 4.26. The van der Waals surface area contributed by atoms with Gasteiger partial charge in [0, 0.05) is 22.9 Å². The lowest BCUT2D eigenvalue weighted by molar-refractivity contribution is -0.115. The Bertz CT molecular complexity index is 317. The smallest absolute Gasteiger partial charge is 0.225 e. The largest absolute Gasteiger partial charge is 0.326 e. The summed E-state index contributed by atoms with van der Waals surface area (Å²) in [6.45, 7) is 0. The van der Waals surface area contributed by atoms with Gasteiger partial charge >= 0.3 is 0 Å². The van der Waals surface area contributed by atoms with Crippen LogP contribution in [0.25, 0.3) is 0 Å². The minimum absolute atomic E-state index is 0.0293. The van der Waals surface area contributed by atoms with Crippen LogP contribution < -0.4 is 5.32 Å². The van der Waals surface area contributed by atoms with Crippen molar-refractivity contribution >= 4 is 35.0 Å². The number of hydrogen-bond donors (Lipinski definition) is 1. The van der Waals surface area contributed by atoms with Gasteiger partial charge < -0.3 is 5.32 Å². The van der Waals surface area contributed by atoms with E-state index in [9.17, 15) is 4.79 Å². The Morgan fingerprint density at radius 1 is 1.57 bits per heavy atom. The molecule has 1 rings (SSSR count). The van der Waals surface area contributed by atoms with Gasteiger partial charge in [0.25, 0.3) is 0 Å². The van der Waals surface area contributed by atoms with Gasteiger partial charge in [-0.25, -0.2) is 0 Å². The van der Waals surface area contributed by atoms with E-state index in [2.05, 4.69) is 5.32 Å². The van der Waals surface area contributed by atoms with Crippen LogP contribution in [0.4, 0.5) is 5.69 Å². The molecular formula is C10H12ClNOS. The Morgan fingerprint density at radius 2 is 2.36 bits per heavy atom. The molecule has 0 heterocycles. The van der Waals surface area contributed by atoms with E-state index >= 15 is 0 Å². The first-order chi connectivity index (χ1) is 6.72. The van der Waals surface area contributed by atoms with Gasteiger partial charge in [0.2, 0.25) is 5.91 Å². The quantitative estimate of drug-likeness (QED) is 0.860. The maximum absolute atomic E-state index is 11.3. The van der Waals surface area contributed by atoms with Crippen molar-refractivity contribution in [1.82, 2.24) is 0 Å². The minimum atomic E-state index is 0.0293. The van der Waals surface area contributed by atoms with Crippen molar-refractivity contribution in [2.45, 2.75) is 6.42 Å². The number of carbonyl (C=O) groups is 1. The summed E-state index contributed by atoms with van der Waals surface area (Å²) in [5.74, 6) is 0.869. The lowest BCUT2D eigenvalue weighted by Crippen LogP contribution is -2.11. The molecule has 0 fully saturated rings. The molecule has 0 atom stereocenters. The Hall–Kier alpha value is -0.670. The Kier molecular flexibility index (Phi) is 4.84. The van der Waals surface area contributed by atoms with E-state index in [1.165, 1.54) is 0 Å². The zero-order valence-electron chi connectivity index (χ0n) is 7.92. The third-order valence-corrected chi connectivity index (χ3v) is 2.49. The fourth-order valence-corrected chi connectivity index (χ4v) is 1.56. The van der Waals surface area contributed by atoms with Crippen LogP contribution in [0, 0.1) is 0 Å². The molecule has 4 heteroatoms. The van der Waals surface area contributed by atoms with E-state index in [0.717, 1.165) is 11.4 Å². The number of amides is 1. The van der Waals surface area contributed by atoms with Gasteiger partial charge in [-0.2, -0.15) is 11.8 Å². The van der Waals surface area contributed by atoms with Crippen LogP contribution in [0.15, 0.2) is 24.3 Å². The summed E-state index contributed by atoms with van der Waals surface area (Å²) < 4.78 is 0. The van der Waals surface area contributed by atoms with E-state index in [4.69, 9.17) is 11.6 Å². The van der Waals surface area contributed by atoms with Crippen LogP contribution in [-0.2, 0) is 4.79 Å². The first-order valence-corrected chi connectivity index (χ1v) is 6.04. The van der Waals surface area contributed by atoms with Gasteiger partial charge in [-0.1, -0.05) is 17.7 Å². The number of hydrogen-bond acceptors (Lipinski definition) is 2. The van der Waals surface area contributed by atoms with E-state index in [1.807, 2.05) is 18.4 Å². The van der Waals surface area contributed by atoms with Crippen molar-refractivity contribution in [3.8, 4) is 0 Å². The molecule has 1 aromatic carbocycles. The highest BCUT2D eigenvalue weighted by Crippen LogP contribution is 2.15. The van der Waals surface area contributed by atoms with Gasteiger partial charge in [-0.05, 0) is 24.5 Å². The van der Waals surface area contributed by atoms with Crippen LogP contribution in [0.3, 0.4) is 0 Å². The maximum atomic E-state index is 11.3. The number of benzene rings is 1. The molecule has 0 saturated carbocycles. The van der Waals surface area contributed by atoms with Crippen LogP contribution >= 0.6 is 23.4 Å². The SMILES string of the molecule is CSCCC(=O)Nc1cccc(Cl)c1. The molecule has 0 spiro atoms. The van der Waals surface area contributed by atoms with Gasteiger partial charge in [0.15, 0.2) is 0 Å². The Balaban J connectivity index is 2.47. The molecule has 0 aliphatic carbocycles. The molecule has 1 N–H and O–H groups in total. The van der Waals surface area contributed by atoms with Gasteiger partial charge in [0.05, 0.1) is 0 Å². The van der Waals surface area contributed by atoms with Crippen molar-refractivity contribution in [3.05, 3.63) is 29.3 Å². The molecule has 0 unspecified atom stereocenters. The molecule has 0 saturated heterocycles. The molecule has 0 aliphatic heterocycles. The van der Waals surface area contributed by atoms with Crippen molar-refractivity contribution < 1.29 is 4.79 Å². The monoisotopic (exact) mass is 229 g/mol. The van der Waals surface area contributed by atoms with E-state index in [-0.39, 0.29) is 5.91 Å². The summed E-state index contributed by atoms with van der Waals surface area (Å²) in [5, 5.41) is 3.41. The second-order valence-corrected chi connectivity index (χ2v) is 4.22. The number of anilines is 1. The second kappa shape index (κ2) is 5.94. The third kappa shape index (κ3) is 4.03. The minimum Gasteiger partial charge on any atom is -0.326 e. The molecule has 0 radical (unpaired) electrons. The summed E-state index contributed by atoms with van der Waals surface area (Å²) >= 11 is 7.43. The van der Waals surface area contributed by atoms with Crippen LogP contribution in [0.2, 0.25) is 5.02 Å². The van der Waals surface area contributed by atoms with Gasteiger partial charge in [-0.15, -0.1) is 0 Å². The highest BCUT2D eigenvalue weighted by molar-refractivity contribution is 7.98. The molecule has 2 nitrogen and oxygen atoms in total. The molecule has 1 amide bonds. The third-order valence-electron chi connectivity index (χ3n) is 1.64. The highest BCUT2D eigenvalue weighted by atomic mass is 35.5. The van der Waals surface area contributed by atoms with Crippen molar-refractivity contribution in [2.75, 3.05) is 17.3 Å². The average Bonchev–Trinajstić information content (AvgIpc) is 2.15. The summed E-state index contributed by atoms with van der Waals surface area (Å²) in [6, 6.07) is 7.15. The Morgan fingerprint density at radius 3 is 3.00 bits per heavy atom. The molecular weight excluding hydrogens is 218 g/mol. The van der Waals surface area contributed by atoms with E-state index in [1.54, 1.807) is 23.9 Å². The number of thioether (sulfide) groups is 1. The average molecular weight is 230 g/mol. The van der Waals surface area contributed by atoms with Gasteiger partial charge in [-0.3, -0.25) is 4.79 Å². The maximum Gasteiger partial charge on any atom is 0.225 e. The molecule has 1 aromatic rings. The summed E-state index contributed by atoms with van der Waals surface area (Å²) in [5.41, 5.74) is 0.753. The topological polar surface area (TPSA) is 29.1 Å². The van der Waals surface area contributed by atoms with Crippen LogP contribution in [-0.4, -0.2) is 17.9 Å². The lowest BCUT2D eigenvalue weighted by Gasteiger charge is -2.04. The Labute approximate surface area is 93.0 Å². The molecule has 14 heavy (non-hydrogen) atoms. The van der Waals surface area contributed by atoms with E-state index in [0.29, 0.717) is 11.4 Å². The normalized spacial score (nSPS) is 9.86.